The molecule has 1 atom stereocenters. The van der Waals surface area contributed by atoms with Gasteiger partial charge in [0.1, 0.15) is 23.3 Å². The highest BCUT2D eigenvalue weighted by molar-refractivity contribution is 5.41. The van der Waals surface area contributed by atoms with Gasteiger partial charge in [-0.1, -0.05) is 6.92 Å². The fourth-order valence-corrected chi connectivity index (χ4v) is 3.94. The maximum Gasteiger partial charge on any atom is 0.152 e. The second kappa shape index (κ2) is 7.69. The van der Waals surface area contributed by atoms with Crippen molar-refractivity contribution in [2.24, 2.45) is 7.05 Å². The Labute approximate surface area is 165 Å². The van der Waals surface area contributed by atoms with E-state index in [1.807, 2.05) is 26.2 Å². The predicted molar refractivity (Wildman–Crippen MR) is 107 cm³/mol. The lowest BCUT2D eigenvalue weighted by Gasteiger charge is -2.33. The van der Waals surface area contributed by atoms with Crippen LogP contribution in [-0.2, 0) is 20.0 Å². The van der Waals surface area contributed by atoms with Gasteiger partial charge >= 0.3 is 0 Å². The molecule has 3 aromatic heterocycles. The first-order valence-corrected chi connectivity index (χ1v) is 10.0. The summed E-state index contributed by atoms with van der Waals surface area (Å²) in [5, 5.41) is 9.02. The lowest BCUT2D eigenvalue weighted by Crippen LogP contribution is -2.36. The van der Waals surface area contributed by atoms with Crippen molar-refractivity contribution < 1.29 is 0 Å². The van der Waals surface area contributed by atoms with Gasteiger partial charge in [0, 0.05) is 50.2 Å². The molecule has 4 rings (SSSR count). The molecular weight excluding hydrogens is 352 g/mol. The molecule has 148 valence electrons. The molecule has 0 unspecified atom stereocenters. The summed E-state index contributed by atoms with van der Waals surface area (Å²) in [6.07, 6.45) is 6.97. The topological polar surface area (TPSA) is 77.5 Å². The summed E-state index contributed by atoms with van der Waals surface area (Å²) in [6, 6.07) is 2.12. The minimum atomic E-state index is 0.351. The number of aryl methyl sites for hydroxylation is 3. The van der Waals surface area contributed by atoms with E-state index in [0.29, 0.717) is 12.5 Å². The highest BCUT2D eigenvalue weighted by atomic mass is 15.3. The first-order chi connectivity index (χ1) is 13.5. The molecule has 0 aromatic carbocycles. The zero-order valence-electron chi connectivity index (χ0n) is 17.1. The molecule has 0 bridgehead atoms. The number of imidazole rings is 1. The standard InChI is InChI=1S/C20H28N8/c1-5-17-11-18(23-14(2)22-17)28-9-6-7-16(12-28)20-25-24-19(26(20)4)13-27-10-8-21-15(27)3/h8,10-11,16H,5-7,9,12-13H2,1-4H3/t16-/m1/s1. The summed E-state index contributed by atoms with van der Waals surface area (Å²) in [7, 11) is 2.07. The SMILES string of the molecule is CCc1cc(N2CCC[C@@H](c3nnc(Cn4ccnc4C)n3C)C2)nc(C)n1. The minimum Gasteiger partial charge on any atom is -0.356 e. The van der Waals surface area contributed by atoms with Gasteiger partial charge in [-0.05, 0) is 33.1 Å². The molecule has 0 spiro atoms. The molecule has 0 saturated carbocycles. The van der Waals surface area contributed by atoms with Gasteiger partial charge in [0.05, 0.1) is 6.54 Å². The highest BCUT2D eigenvalue weighted by Gasteiger charge is 2.27. The monoisotopic (exact) mass is 380 g/mol. The Morgan fingerprint density at radius 3 is 2.79 bits per heavy atom. The average Bonchev–Trinajstić information content (AvgIpc) is 3.27. The molecule has 0 aliphatic carbocycles. The quantitative estimate of drug-likeness (QED) is 0.676. The van der Waals surface area contributed by atoms with Gasteiger partial charge in [-0.25, -0.2) is 15.0 Å². The molecule has 0 radical (unpaired) electrons. The van der Waals surface area contributed by atoms with E-state index in [1.54, 1.807) is 0 Å². The van der Waals surface area contributed by atoms with Crippen LogP contribution in [0.4, 0.5) is 5.82 Å². The van der Waals surface area contributed by atoms with Crippen molar-refractivity contribution in [3.05, 3.63) is 47.5 Å². The average molecular weight is 381 g/mol. The van der Waals surface area contributed by atoms with Crippen molar-refractivity contribution in [2.45, 2.75) is 52.5 Å². The Morgan fingerprint density at radius 1 is 1.18 bits per heavy atom. The fraction of sp³-hybridized carbons (Fsp3) is 0.550. The van der Waals surface area contributed by atoms with Gasteiger partial charge < -0.3 is 14.0 Å². The van der Waals surface area contributed by atoms with Crippen LogP contribution in [0.2, 0.25) is 0 Å². The van der Waals surface area contributed by atoms with E-state index in [4.69, 9.17) is 0 Å². The van der Waals surface area contributed by atoms with Crippen molar-refractivity contribution >= 4 is 5.82 Å². The number of hydrogen-bond acceptors (Lipinski definition) is 6. The molecule has 1 aliphatic rings. The third-order valence-electron chi connectivity index (χ3n) is 5.58. The van der Waals surface area contributed by atoms with Gasteiger partial charge in [0.2, 0.25) is 0 Å². The summed E-state index contributed by atoms with van der Waals surface area (Å²) >= 11 is 0. The first-order valence-electron chi connectivity index (χ1n) is 10.0. The third-order valence-corrected chi connectivity index (χ3v) is 5.58. The molecule has 1 aliphatic heterocycles. The van der Waals surface area contributed by atoms with E-state index in [0.717, 1.165) is 67.2 Å². The minimum absolute atomic E-state index is 0.351. The zero-order valence-corrected chi connectivity index (χ0v) is 17.1. The first kappa shape index (κ1) is 18.6. The number of piperidine rings is 1. The fourth-order valence-electron chi connectivity index (χ4n) is 3.94. The molecule has 0 amide bonds. The number of anilines is 1. The normalized spacial score (nSPS) is 17.3. The van der Waals surface area contributed by atoms with Crippen LogP contribution in [0.25, 0.3) is 0 Å². The maximum absolute atomic E-state index is 4.68. The molecule has 0 N–H and O–H groups in total. The van der Waals surface area contributed by atoms with Gasteiger partial charge in [0.15, 0.2) is 5.82 Å². The Morgan fingerprint density at radius 2 is 2.04 bits per heavy atom. The van der Waals surface area contributed by atoms with Crippen molar-refractivity contribution in [3.63, 3.8) is 0 Å². The lowest BCUT2D eigenvalue weighted by molar-refractivity contribution is 0.475. The van der Waals surface area contributed by atoms with Crippen LogP contribution in [0.5, 0.6) is 0 Å². The number of nitrogens with zero attached hydrogens (tertiary/aromatic N) is 8. The maximum atomic E-state index is 4.68. The van der Waals surface area contributed by atoms with Gasteiger partial charge in [-0.15, -0.1) is 10.2 Å². The van der Waals surface area contributed by atoms with E-state index in [9.17, 15) is 0 Å². The molecule has 28 heavy (non-hydrogen) atoms. The van der Waals surface area contributed by atoms with Crippen LogP contribution in [0, 0.1) is 13.8 Å². The largest absolute Gasteiger partial charge is 0.356 e. The Kier molecular flexibility index (Phi) is 5.11. The summed E-state index contributed by atoms with van der Waals surface area (Å²) < 4.78 is 4.24. The van der Waals surface area contributed by atoms with E-state index in [1.165, 1.54) is 0 Å². The Bertz CT molecular complexity index is 957. The van der Waals surface area contributed by atoms with Crippen LogP contribution < -0.4 is 4.90 Å². The zero-order chi connectivity index (χ0) is 19.7. The van der Waals surface area contributed by atoms with E-state index in [2.05, 4.69) is 59.2 Å². The van der Waals surface area contributed by atoms with E-state index >= 15 is 0 Å². The van der Waals surface area contributed by atoms with E-state index in [-0.39, 0.29) is 0 Å². The van der Waals surface area contributed by atoms with Crippen LogP contribution in [0.15, 0.2) is 18.5 Å². The Hall–Kier alpha value is -2.77. The van der Waals surface area contributed by atoms with Crippen LogP contribution in [0.3, 0.4) is 0 Å². The van der Waals surface area contributed by atoms with Crippen LogP contribution in [0.1, 0.15) is 54.7 Å². The van der Waals surface area contributed by atoms with Crippen molar-refractivity contribution in [3.8, 4) is 0 Å². The summed E-state index contributed by atoms with van der Waals surface area (Å²) in [5.74, 6) is 5.22. The summed E-state index contributed by atoms with van der Waals surface area (Å²) in [5.41, 5.74) is 1.10. The molecule has 1 fully saturated rings. The van der Waals surface area contributed by atoms with Crippen molar-refractivity contribution in [1.82, 2.24) is 34.3 Å². The molecule has 8 nitrogen and oxygen atoms in total. The second-order valence-corrected chi connectivity index (χ2v) is 7.54. The summed E-state index contributed by atoms with van der Waals surface area (Å²) in [4.78, 5) is 15.9. The van der Waals surface area contributed by atoms with Crippen LogP contribution >= 0.6 is 0 Å². The smallest absolute Gasteiger partial charge is 0.152 e. The second-order valence-electron chi connectivity index (χ2n) is 7.54. The van der Waals surface area contributed by atoms with Crippen LogP contribution in [-0.4, -0.2) is 47.4 Å². The molecular formula is C20H28N8. The van der Waals surface area contributed by atoms with E-state index < -0.39 is 0 Å². The summed E-state index contributed by atoms with van der Waals surface area (Å²) in [6.45, 7) is 8.73. The third kappa shape index (κ3) is 3.63. The number of aromatic nitrogens is 7. The molecule has 8 heteroatoms. The highest BCUT2D eigenvalue weighted by Crippen LogP contribution is 2.28. The predicted octanol–water partition coefficient (Wildman–Crippen LogP) is 2.41. The number of hydrogen-bond donors (Lipinski definition) is 0. The van der Waals surface area contributed by atoms with Crippen molar-refractivity contribution in [1.29, 1.82) is 0 Å². The lowest BCUT2D eigenvalue weighted by atomic mass is 9.97. The van der Waals surface area contributed by atoms with Gasteiger partial charge in [-0.2, -0.15) is 0 Å². The molecule has 3 aromatic rings. The van der Waals surface area contributed by atoms with Gasteiger partial charge in [-0.3, -0.25) is 0 Å². The number of rotatable bonds is 5. The molecule has 1 saturated heterocycles. The Balaban J connectivity index is 1.54. The van der Waals surface area contributed by atoms with Gasteiger partial charge in [0.25, 0.3) is 0 Å². The molecule has 4 heterocycles. The van der Waals surface area contributed by atoms with Crippen molar-refractivity contribution in [2.75, 3.05) is 18.0 Å².